The van der Waals surface area contributed by atoms with Crippen molar-refractivity contribution >= 4 is 29.7 Å². The van der Waals surface area contributed by atoms with Crippen molar-refractivity contribution in [3.05, 3.63) is 16.6 Å². The third-order valence-corrected chi connectivity index (χ3v) is 1.43. The molecule has 1 amide bonds. The zero-order valence-electron chi connectivity index (χ0n) is 4.40. The number of hydrogen-bond acceptors (Lipinski definition) is 3. The molecule has 3 nitrogen and oxygen atoms in total. The van der Waals surface area contributed by atoms with Gasteiger partial charge in [0.2, 0.25) is 0 Å². The van der Waals surface area contributed by atoms with Crippen LogP contribution in [0.3, 0.4) is 0 Å². The van der Waals surface area contributed by atoms with E-state index in [9.17, 15) is 4.79 Å². The van der Waals surface area contributed by atoms with Crippen LogP contribution in [0.1, 0.15) is 9.80 Å². The largest absolute Gasteiger partial charge is 0.364 e. The molecule has 0 atom stereocenters. The highest BCUT2D eigenvalue weighted by Gasteiger charge is 1.98. The first-order valence-corrected chi connectivity index (χ1v) is 2.88. The van der Waals surface area contributed by atoms with Gasteiger partial charge in [-0.25, -0.2) is 4.98 Å². The molecule has 0 saturated carbocycles. The molecule has 0 aliphatic heterocycles. The second-order valence-corrected chi connectivity index (χ2v) is 2.10. The van der Waals surface area contributed by atoms with Crippen molar-refractivity contribution < 1.29 is 4.79 Å². The van der Waals surface area contributed by atoms with E-state index in [2.05, 4.69) is 4.98 Å². The molecule has 0 spiro atoms. The first-order chi connectivity index (χ1) is 3.80. The van der Waals surface area contributed by atoms with Gasteiger partial charge in [0.1, 0.15) is 0 Å². The summed E-state index contributed by atoms with van der Waals surface area (Å²) in [7, 11) is 0. The summed E-state index contributed by atoms with van der Waals surface area (Å²) < 4.78 is 0. The summed E-state index contributed by atoms with van der Waals surface area (Å²) in [6.45, 7) is 0. The average Bonchev–Trinajstić information content (AvgIpc) is 2.12. The summed E-state index contributed by atoms with van der Waals surface area (Å²) in [4.78, 5) is 13.9. The van der Waals surface area contributed by atoms with Gasteiger partial charge in [0.15, 0.2) is 5.01 Å². The molecule has 0 aliphatic carbocycles. The van der Waals surface area contributed by atoms with Gasteiger partial charge in [-0.05, 0) is 0 Å². The van der Waals surface area contributed by atoms with Crippen molar-refractivity contribution in [2.45, 2.75) is 0 Å². The van der Waals surface area contributed by atoms with Crippen LogP contribution in [0.25, 0.3) is 0 Å². The standard InChI is InChI=1S/C4H4N2OS.ClH/c5-3(7)4-6-1-2-8-4;/h1-2H,(H2,5,7);1H. The van der Waals surface area contributed by atoms with Gasteiger partial charge in [-0.15, -0.1) is 23.7 Å². The summed E-state index contributed by atoms with van der Waals surface area (Å²) in [5, 5.41) is 2.07. The summed E-state index contributed by atoms with van der Waals surface area (Å²) in [6, 6.07) is 0. The number of halogens is 1. The van der Waals surface area contributed by atoms with Crippen LogP contribution in [0.5, 0.6) is 0 Å². The van der Waals surface area contributed by atoms with E-state index in [-0.39, 0.29) is 12.4 Å². The summed E-state index contributed by atoms with van der Waals surface area (Å²) in [6.07, 6.45) is 1.55. The Balaban J connectivity index is 0.000000640. The molecule has 0 aliphatic rings. The lowest BCUT2D eigenvalue weighted by Gasteiger charge is -1.78. The third-order valence-electron chi connectivity index (χ3n) is 0.643. The summed E-state index contributed by atoms with van der Waals surface area (Å²) >= 11 is 1.25. The molecule has 0 aromatic carbocycles. The predicted octanol–water partition coefficient (Wildman–Crippen LogP) is 0.664. The fraction of sp³-hybridized carbons (Fsp3) is 0. The fourth-order valence-electron chi connectivity index (χ4n) is 0.345. The SMILES string of the molecule is Cl.NC(=O)c1nccs1. The van der Waals surface area contributed by atoms with Gasteiger partial charge < -0.3 is 5.73 Å². The van der Waals surface area contributed by atoms with Gasteiger partial charge in [-0.3, -0.25) is 4.79 Å². The maximum atomic E-state index is 10.2. The Morgan fingerprint density at radius 2 is 2.44 bits per heavy atom. The number of amides is 1. The summed E-state index contributed by atoms with van der Waals surface area (Å²) in [5.74, 6) is -0.458. The van der Waals surface area contributed by atoms with Crippen LogP contribution in [0, 0.1) is 0 Å². The van der Waals surface area contributed by atoms with Gasteiger partial charge in [-0.1, -0.05) is 0 Å². The predicted molar refractivity (Wildman–Crippen MR) is 37.9 cm³/mol. The molecular formula is C4H5ClN2OS. The molecule has 9 heavy (non-hydrogen) atoms. The number of nitrogens with zero attached hydrogens (tertiary/aromatic N) is 1. The van der Waals surface area contributed by atoms with E-state index in [1.807, 2.05) is 0 Å². The number of aromatic nitrogens is 1. The number of carbonyl (C=O) groups excluding carboxylic acids is 1. The lowest BCUT2D eigenvalue weighted by atomic mass is 10.7. The summed E-state index contributed by atoms with van der Waals surface area (Å²) in [5.41, 5.74) is 4.87. The molecule has 0 radical (unpaired) electrons. The lowest BCUT2D eigenvalue weighted by Crippen LogP contribution is -2.09. The Labute approximate surface area is 62.3 Å². The van der Waals surface area contributed by atoms with Crippen LogP contribution in [-0.4, -0.2) is 10.9 Å². The second kappa shape index (κ2) is 3.42. The van der Waals surface area contributed by atoms with E-state index in [1.54, 1.807) is 11.6 Å². The zero-order valence-corrected chi connectivity index (χ0v) is 6.04. The number of hydrogen-bond donors (Lipinski definition) is 1. The molecule has 0 saturated heterocycles. The van der Waals surface area contributed by atoms with Gasteiger partial charge in [-0.2, -0.15) is 0 Å². The van der Waals surface area contributed by atoms with Crippen molar-refractivity contribution in [1.82, 2.24) is 4.98 Å². The number of nitrogens with two attached hydrogens (primary N) is 1. The van der Waals surface area contributed by atoms with E-state index >= 15 is 0 Å². The number of carbonyl (C=O) groups is 1. The van der Waals surface area contributed by atoms with Crippen LogP contribution in [-0.2, 0) is 0 Å². The maximum absolute atomic E-state index is 10.2. The molecule has 0 bridgehead atoms. The Morgan fingerprint density at radius 3 is 2.67 bits per heavy atom. The van der Waals surface area contributed by atoms with Crippen LogP contribution in [0.4, 0.5) is 0 Å². The number of primary amides is 1. The zero-order chi connectivity index (χ0) is 5.98. The van der Waals surface area contributed by atoms with E-state index in [0.717, 1.165) is 0 Å². The van der Waals surface area contributed by atoms with Crippen molar-refractivity contribution in [3.8, 4) is 0 Å². The molecule has 50 valence electrons. The normalized spacial score (nSPS) is 8.00. The van der Waals surface area contributed by atoms with E-state index < -0.39 is 5.91 Å². The van der Waals surface area contributed by atoms with Crippen molar-refractivity contribution in [1.29, 1.82) is 0 Å². The second-order valence-electron chi connectivity index (χ2n) is 1.20. The lowest BCUT2D eigenvalue weighted by molar-refractivity contribution is 0.1000. The van der Waals surface area contributed by atoms with E-state index in [0.29, 0.717) is 5.01 Å². The third kappa shape index (κ3) is 1.99. The first kappa shape index (κ1) is 8.39. The first-order valence-electron chi connectivity index (χ1n) is 2.00. The Morgan fingerprint density at radius 1 is 1.78 bits per heavy atom. The molecule has 1 rings (SSSR count). The Hall–Kier alpha value is -0.610. The molecule has 0 fully saturated rings. The smallest absolute Gasteiger partial charge is 0.277 e. The minimum Gasteiger partial charge on any atom is -0.364 e. The quantitative estimate of drug-likeness (QED) is 0.663. The molecule has 1 aromatic heterocycles. The maximum Gasteiger partial charge on any atom is 0.277 e. The van der Waals surface area contributed by atoms with Gasteiger partial charge in [0.25, 0.3) is 5.91 Å². The molecular weight excluding hydrogens is 160 g/mol. The fourth-order valence-corrected chi connectivity index (χ4v) is 0.834. The number of thiazole rings is 1. The monoisotopic (exact) mass is 164 g/mol. The van der Waals surface area contributed by atoms with Crippen molar-refractivity contribution in [3.63, 3.8) is 0 Å². The highest BCUT2D eigenvalue weighted by molar-refractivity contribution is 7.11. The van der Waals surface area contributed by atoms with Gasteiger partial charge >= 0.3 is 0 Å². The minimum absolute atomic E-state index is 0. The van der Waals surface area contributed by atoms with Crippen molar-refractivity contribution in [2.24, 2.45) is 5.73 Å². The Kier molecular flexibility index (Phi) is 3.19. The molecule has 0 unspecified atom stereocenters. The van der Waals surface area contributed by atoms with E-state index in [4.69, 9.17) is 5.73 Å². The van der Waals surface area contributed by atoms with Crippen LogP contribution in [0.15, 0.2) is 11.6 Å². The van der Waals surface area contributed by atoms with Crippen LogP contribution < -0.4 is 5.73 Å². The molecule has 5 heteroatoms. The number of rotatable bonds is 1. The topological polar surface area (TPSA) is 56.0 Å². The highest BCUT2D eigenvalue weighted by Crippen LogP contribution is 2.00. The van der Waals surface area contributed by atoms with Gasteiger partial charge in [0, 0.05) is 11.6 Å². The van der Waals surface area contributed by atoms with Crippen LogP contribution >= 0.6 is 23.7 Å². The molecule has 1 heterocycles. The minimum atomic E-state index is -0.458. The van der Waals surface area contributed by atoms with Crippen LogP contribution in [0.2, 0.25) is 0 Å². The average molecular weight is 165 g/mol. The highest BCUT2D eigenvalue weighted by atomic mass is 35.5. The molecule has 1 aromatic rings. The van der Waals surface area contributed by atoms with E-state index in [1.165, 1.54) is 11.3 Å². The Bertz CT molecular complexity index is 186. The van der Waals surface area contributed by atoms with Gasteiger partial charge in [0.05, 0.1) is 0 Å². The molecule has 2 N–H and O–H groups in total. The van der Waals surface area contributed by atoms with Crippen molar-refractivity contribution in [2.75, 3.05) is 0 Å².